The third-order valence-electron chi connectivity index (χ3n) is 4.99. The Balaban J connectivity index is 1.63. The lowest BCUT2D eigenvalue weighted by Crippen LogP contribution is -2.46. The first-order valence-electron chi connectivity index (χ1n) is 8.19. The maximum absolute atomic E-state index is 4.65. The van der Waals surface area contributed by atoms with E-state index in [1.54, 1.807) is 0 Å². The van der Waals surface area contributed by atoms with Crippen LogP contribution in [-0.4, -0.2) is 29.5 Å². The predicted octanol–water partition coefficient (Wildman–Crippen LogP) is 2.96. The smallest absolute Gasteiger partial charge is 0.0544 e. The molecule has 2 heterocycles. The molecular weight excluding hydrogens is 246 g/mol. The number of likely N-dealkylation sites (tertiary alicyclic amines) is 1. The Morgan fingerprint density at radius 1 is 1.20 bits per heavy atom. The van der Waals surface area contributed by atoms with Crippen LogP contribution >= 0.6 is 0 Å². The van der Waals surface area contributed by atoms with Gasteiger partial charge in [-0.05, 0) is 56.8 Å². The molecule has 1 aliphatic carbocycles. The number of fused-ring (bicyclic) bond motifs is 1. The Morgan fingerprint density at radius 3 is 2.85 bits per heavy atom. The molecule has 1 saturated heterocycles. The van der Waals surface area contributed by atoms with E-state index in [1.165, 1.54) is 56.3 Å². The van der Waals surface area contributed by atoms with Gasteiger partial charge in [-0.2, -0.15) is 0 Å². The first-order chi connectivity index (χ1) is 9.86. The van der Waals surface area contributed by atoms with Crippen LogP contribution in [0.3, 0.4) is 0 Å². The highest BCUT2D eigenvalue weighted by atomic mass is 15.2. The summed E-state index contributed by atoms with van der Waals surface area (Å²) in [5, 5.41) is 3.17. The van der Waals surface area contributed by atoms with Crippen molar-refractivity contribution in [1.82, 2.24) is 15.2 Å². The summed E-state index contributed by atoms with van der Waals surface area (Å²) < 4.78 is 0. The maximum Gasteiger partial charge on any atom is 0.0544 e. The molecule has 1 aromatic rings. The Bertz CT molecular complexity index is 413. The van der Waals surface area contributed by atoms with Gasteiger partial charge in [0, 0.05) is 25.3 Å². The standard InChI is InChI=1S/C17H27N3/c1-18-11-14-8-9-16(19-12-14)13-20-10-4-6-15-5-2-3-7-17(15)20/h8-9,12,15,17-18H,2-7,10-11,13H2,1H3. The Labute approximate surface area is 122 Å². The van der Waals surface area contributed by atoms with Crippen LogP contribution in [0, 0.1) is 5.92 Å². The lowest BCUT2D eigenvalue weighted by molar-refractivity contribution is 0.0537. The third kappa shape index (κ3) is 3.21. The molecule has 2 aliphatic rings. The Morgan fingerprint density at radius 2 is 2.05 bits per heavy atom. The molecular formula is C17H27N3. The minimum Gasteiger partial charge on any atom is -0.316 e. The van der Waals surface area contributed by atoms with E-state index in [1.807, 2.05) is 13.2 Å². The van der Waals surface area contributed by atoms with E-state index in [-0.39, 0.29) is 0 Å². The maximum atomic E-state index is 4.65. The van der Waals surface area contributed by atoms with Crippen molar-refractivity contribution in [3.63, 3.8) is 0 Å². The van der Waals surface area contributed by atoms with E-state index in [0.29, 0.717) is 0 Å². The van der Waals surface area contributed by atoms with Crippen LogP contribution in [0.25, 0.3) is 0 Å². The van der Waals surface area contributed by atoms with Crippen molar-refractivity contribution in [1.29, 1.82) is 0 Å². The summed E-state index contributed by atoms with van der Waals surface area (Å²) in [6.07, 6.45) is 10.6. The number of hydrogen-bond acceptors (Lipinski definition) is 3. The largest absolute Gasteiger partial charge is 0.316 e. The number of pyridine rings is 1. The highest BCUT2D eigenvalue weighted by Crippen LogP contribution is 2.35. The fourth-order valence-corrected chi connectivity index (χ4v) is 3.99. The lowest BCUT2D eigenvalue weighted by atomic mass is 9.78. The molecule has 2 unspecified atom stereocenters. The van der Waals surface area contributed by atoms with Gasteiger partial charge in [0.05, 0.1) is 5.69 Å². The molecule has 0 spiro atoms. The van der Waals surface area contributed by atoms with Crippen LogP contribution < -0.4 is 5.32 Å². The summed E-state index contributed by atoms with van der Waals surface area (Å²) in [5.41, 5.74) is 2.50. The predicted molar refractivity (Wildman–Crippen MR) is 82.4 cm³/mol. The van der Waals surface area contributed by atoms with Gasteiger partial charge in [0.25, 0.3) is 0 Å². The molecule has 20 heavy (non-hydrogen) atoms. The van der Waals surface area contributed by atoms with Gasteiger partial charge in [-0.15, -0.1) is 0 Å². The number of hydrogen-bond donors (Lipinski definition) is 1. The monoisotopic (exact) mass is 273 g/mol. The van der Waals surface area contributed by atoms with Crippen molar-refractivity contribution in [2.45, 2.75) is 57.7 Å². The van der Waals surface area contributed by atoms with Crippen molar-refractivity contribution < 1.29 is 0 Å². The summed E-state index contributed by atoms with van der Waals surface area (Å²) in [6, 6.07) is 5.25. The van der Waals surface area contributed by atoms with Gasteiger partial charge >= 0.3 is 0 Å². The zero-order valence-corrected chi connectivity index (χ0v) is 12.6. The van der Waals surface area contributed by atoms with Crippen molar-refractivity contribution in [2.24, 2.45) is 5.92 Å². The average Bonchev–Trinajstić information content (AvgIpc) is 2.50. The molecule has 0 bridgehead atoms. The zero-order chi connectivity index (χ0) is 13.8. The number of piperidine rings is 1. The van der Waals surface area contributed by atoms with Crippen LogP contribution in [0.2, 0.25) is 0 Å². The molecule has 3 nitrogen and oxygen atoms in total. The Hall–Kier alpha value is -0.930. The molecule has 0 amide bonds. The molecule has 2 fully saturated rings. The molecule has 1 aromatic heterocycles. The van der Waals surface area contributed by atoms with Crippen molar-refractivity contribution in [3.8, 4) is 0 Å². The molecule has 0 radical (unpaired) electrons. The van der Waals surface area contributed by atoms with Gasteiger partial charge in [-0.1, -0.05) is 18.9 Å². The van der Waals surface area contributed by atoms with Gasteiger partial charge < -0.3 is 5.32 Å². The SMILES string of the molecule is CNCc1ccc(CN2CCCC3CCCCC32)nc1. The summed E-state index contributed by atoms with van der Waals surface area (Å²) in [7, 11) is 1.98. The van der Waals surface area contributed by atoms with E-state index < -0.39 is 0 Å². The van der Waals surface area contributed by atoms with Gasteiger partial charge in [0.2, 0.25) is 0 Å². The number of nitrogens with zero attached hydrogens (tertiary/aromatic N) is 2. The van der Waals surface area contributed by atoms with Gasteiger partial charge in [0.1, 0.15) is 0 Å². The molecule has 3 heteroatoms. The van der Waals surface area contributed by atoms with Gasteiger partial charge in [0.15, 0.2) is 0 Å². The van der Waals surface area contributed by atoms with Crippen LogP contribution in [0.1, 0.15) is 49.8 Å². The average molecular weight is 273 g/mol. The van der Waals surface area contributed by atoms with E-state index in [0.717, 1.165) is 25.0 Å². The summed E-state index contributed by atoms with van der Waals surface area (Å²) in [6.45, 7) is 3.21. The van der Waals surface area contributed by atoms with Crippen LogP contribution in [0.15, 0.2) is 18.3 Å². The quantitative estimate of drug-likeness (QED) is 0.914. The highest BCUT2D eigenvalue weighted by Gasteiger charge is 2.32. The fourth-order valence-electron chi connectivity index (χ4n) is 3.99. The second-order valence-corrected chi connectivity index (χ2v) is 6.41. The summed E-state index contributed by atoms with van der Waals surface area (Å²) in [5.74, 6) is 0.959. The number of aromatic nitrogens is 1. The van der Waals surface area contributed by atoms with Crippen LogP contribution in [0.4, 0.5) is 0 Å². The molecule has 1 aliphatic heterocycles. The first-order valence-corrected chi connectivity index (χ1v) is 8.19. The summed E-state index contributed by atoms with van der Waals surface area (Å²) in [4.78, 5) is 7.35. The second kappa shape index (κ2) is 6.68. The van der Waals surface area contributed by atoms with E-state index >= 15 is 0 Å². The van der Waals surface area contributed by atoms with Crippen LogP contribution in [-0.2, 0) is 13.1 Å². The lowest BCUT2D eigenvalue weighted by Gasteiger charge is -2.44. The topological polar surface area (TPSA) is 28.2 Å². The third-order valence-corrected chi connectivity index (χ3v) is 4.99. The molecule has 1 saturated carbocycles. The van der Waals surface area contributed by atoms with E-state index in [2.05, 4.69) is 27.3 Å². The fraction of sp³-hybridized carbons (Fsp3) is 0.706. The Kier molecular flexibility index (Phi) is 4.69. The van der Waals surface area contributed by atoms with E-state index in [9.17, 15) is 0 Å². The van der Waals surface area contributed by atoms with Gasteiger partial charge in [-0.25, -0.2) is 0 Å². The normalized spacial score (nSPS) is 27.2. The van der Waals surface area contributed by atoms with Crippen LogP contribution in [0.5, 0.6) is 0 Å². The van der Waals surface area contributed by atoms with E-state index in [4.69, 9.17) is 0 Å². The highest BCUT2D eigenvalue weighted by molar-refractivity contribution is 5.14. The zero-order valence-electron chi connectivity index (χ0n) is 12.6. The van der Waals surface area contributed by atoms with Crippen molar-refractivity contribution >= 4 is 0 Å². The molecule has 110 valence electrons. The second-order valence-electron chi connectivity index (χ2n) is 6.41. The van der Waals surface area contributed by atoms with Gasteiger partial charge in [-0.3, -0.25) is 9.88 Å². The van der Waals surface area contributed by atoms with Crippen molar-refractivity contribution in [3.05, 3.63) is 29.6 Å². The minimum absolute atomic E-state index is 0.830. The number of nitrogens with one attached hydrogen (secondary N) is 1. The molecule has 1 N–H and O–H groups in total. The molecule has 2 atom stereocenters. The first kappa shape index (κ1) is 14.0. The van der Waals surface area contributed by atoms with Crippen molar-refractivity contribution in [2.75, 3.05) is 13.6 Å². The summed E-state index contributed by atoms with van der Waals surface area (Å²) >= 11 is 0. The number of rotatable bonds is 4. The molecule has 0 aromatic carbocycles. The molecule has 3 rings (SSSR count). The minimum atomic E-state index is 0.830.